The van der Waals surface area contributed by atoms with Crippen molar-refractivity contribution in [2.75, 3.05) is 9.80 Å². The Morgan fingerprint density at radius 2 is 0.697 bits per heavy atom. The normalized spacial score (nSPS) is 13.7. The Balaban J connectivity index is 0.989. The van der Waals surface area contributed by atoms with Crippen LogP contribution in [-0.2, 0) is 0 Å². The summed E-state index contributed by atoms with van der Waals surface area (Å²) in [6.07, 6.45) is 0. The average Bonchev–Trinajstić information content (AvgIpc) is 4.37. The van der Waals surface area contributed by atoms with E-state index < -0.39 is 16.1 Å². The summed E-state index contributed by atoms with van der Waals surface area (Å²) in [5.74, 6) is 0. The molecule has 0 saturated carbocycles. The van der Waals surface area contributed by atoms with E-state index in [1.807, 2.05) is 0 Å². The van der Waals surface area contributed by atoms with Crippen LogP contribution < -0.4 is 30.5 Å². The van der Waals surface area contributed by atoms with Crippen LogP contribution in [0.2, 0.25) is 26.2 Å². The third kappa shape index (κ3) is 6.47. The molecule has 0 unspecified atom stereocenters. The van der Waals surface area contributed by atoms with E-state index >= 15 is 0 Å². The van der Waals surface area contributed by atoms with Crippen molar-refractivity contribution < 1.29 is 8.83 Å². The Morgan fingerprint density at radius 3 is 1.24 bits per heavy atom. The number of anilines is 6. The lowest BCUT2D eigenvalue weighted by atomic mass is 9.94. The molecule has 15 rings (SSSR count). The van der Waals surface area contributed by atoms with Crippen molar-refractivity contribution in [3.8, 4) is 44.5 Å². The zero-order valence-electron chi connectivity index (χ0n) is 42.8. The van der Waals surface area contributed by atoms with Crippen molar-refractivity contribution in [3.63, 3.8) is 0 Å². The molecule has 4 nitrogen and oxygen atoms in total. The predicted octanol–water partition coefficient (Wildman–Crippen LogP) is 17.4. The van der Waals surface area contributed by atoms with Gasteiger partial charge in [0.05, 0.1) is 28.1 Å². The summed E-state index contributed by atoms with van der Waals surface area (Å²) < 4.78 is 14.5. The maximum atomic E-state index is 7.31. The van der Waals surface area contributed by atoms with Gasteiger partial charge in [-0.05, 0) is 109 Å². The van der Waals surface area contributed by atoms with Crippen LogP contribution in [0.3, 0.4) is 0 Å². The van der Waals surface area contributed by atoms with Crippen LogP contribution in [0.15, 0.2) is 251 Å². The van der Waals surface area contributed by atoms with Gasteiger partial charge in [-0.1, -0.05) is 208 Å². The lowest BCUT2D eigenvalue weighted by molar-refractivity contribution is 0.669. The number of nitrogens with zero attached hydrogens (tertiary/aromatic N) is 2. The number of hydrogen-bond acceptors (Lipinski definition) is 4. The molecule has 0 fully saturated rings. The van der Waals surface area contributed by atoms with E-state index in [-0.39, 0.29) is 0 Å². The van der Waals surface area contributed by atoms with Crippen LogP contribution in [-0.4, -0.2) is 16.1 Å². The summed E-state index contributed by atoms with van der Waals surface area (Å²) in [4.78, 5) is 4.93. The van der Waals surface area contributed by atoms with E-state index in [2.05, 4.69) is 279 Å². The maximum absolute atomic E-state index is 7.31. The minimum Gasteiger partial charge on any atom is -0.455 e. The van der Waals surface area contributed by atoms with Gasteiger partial charge < -0.3 is 18.6 Å². The molecular weight excluding hydrogens is 957 g/mol. The molecule has 2 aliphatic heterocycles. The zero-order valence-corrected chi connectivity index (χ0v) is 44.8. The second kappa shape index (κ2) is 16.8. The van der Waals surface area contributed by atoms with Crippen molar-refractivity contribution in [2.24, 2.45) is 0 Å². The maximum Gasteiger partial charge on any atom is 0.160 e. The second-order valence-electron chi connectivity index (χ2n) is 21.5. The number of benzene rings is 11. The quantitative estimate of drug-likeness (QED) is 0.142. The SMILES string of the molecule is C[Si]1(C)c2cc3c(cc2-c2c1cc(N(c1ccccc1)c1ccccc1-c1ccccc1)c1c2oc2ccccc21)[Si](C)(C)c1cc(N(c2ccccc2)c2ccccc2-c2ccccc2)c2oc4ccccc4c2c1-3. The minimum absolute atomic E-state index is 0.893. The molecule has 2 aromatic heterocycles. The Kier molecular flexibility index (Phi) is 9.83. The average molecular weight is 1010 g/mol. The summed E-state index contributed by atoms with van der Waals surface area (Å²) in [5.41, 5.74) is 20.1. The summed E-state index contributed by atoms with van der Waals surface area (Å²) >= 11 is 0. The summed E-state index contributed by atoms with van der Waals surface area (Å²) in [5, 5.41) is 10.3. The van der Waals surface area contributed by atoms with Gasteiger partial charge in [-0.2, -0.15) is 0 Å². The molecule has 0 radical (unpaired) electrons. The van der Waals surface area contributed by atoms with Gasteiger partial charge in [-0.15, -0.1) is 0 Å². The van der Waals surface area contributed by atoms with Crippen LogP contribution in [0, 0.1) is 0 Å². The van der Waals surface area contributed by atoms with Crippen LogP contribution in [0.1, 0.15) is 0 Å². The summed E-state index contributed by atoms with van der Waals surface area (Å²) in [7, 11) is -4.95. The third-order valence-corrected chi connectivity index (χ3v) is 23.6. The zero-order chi connectivity index (χ0) is 50.9. The Labute approximate surface area is 444 Å². The van der Waals surface area contributed by atoms with E-state index in [4.69, 9.17) is 8.83 Å². The van der Waals surface area contributed by atoms with E-state index in [1.54, 1.807) is 0 Å². The second-order valence-corrected chi connectivity index (χ2v) is 30.2. The van der Waals surface area contributed by atoms with Crippen LogP contribution in [0.25, 0.3) is 88.4 Å². The van der Waals surface area contributed by atoms with Gasteiger partial charge in [0, 0.05) is 44.2 Å². The van der Waals surface area contributed by atoms with Crippen molar-refractivity contribution in [2.45, 2.75) is 26.2 Å². The summed E-state index contributed by atoms with van der Waals surface area (Å²) in [6.45, 7) is 10.2. The first-order valence-corrected chi connectivity index (χ1v) is 32.4. The highest BCUT2D eigenvalue weighted by atomic mass is 28.3. The number of rotatable bonds is 8. The smallest absolute Gasteiger partial charge is 0.160 e. The molecule has 0 N–H and O–H groups in total. The fraction of sp³-hybridized carbons (Fsp3) is 0.0571. The number of fused-ring (bicyclic) bond motifs is 14. The molecule has 13 aromatic rings. The van der Waals surface area contributed by atoms with Crippen molar-refractivity contribution >= 4 is 115 Å². The fourth-order valence-electron chi connectivity index (χ4n) is 13.0. The molecule has 0 atom stereocenters. The first-order chi connectivity index (χ1) is 37.3. The molecule has 362 valence electrons. The van der Waals surface area contributed by atoms with Crippen LogP contribution in [0.5, 0.6) is 0 Å². The number of para-hydroxylation sites is 6. The van der Waals surface area contributed by atoms with Crippen LogP contribution >= 0.6 is 0 Å². The third-order valence-electron chi connectivity index (χ3n) is 16.6. The van der Waals surface area contributed by atoms with Crippen molar-refractivity contribution in [1.82, 2.24) is 0 Å². The van der Waals surface area contributed by atoms with Crippen molar-refractivity contribution in [1.29, 1.82) is 0 Å². The molecule has 0 saturated heterocycles. The molecule has 0 spiro atoms. The highest BCUT2D eigenvalue weighted by Gasteiger charge is 2.47. The molecule has 0 amide bonds. The highest BCUT2D eigenvalue weighted by Crippen LogP contribution is 2.52. The summed E-state index contributed by atoms with van der Waals surface area (Å²) in [6, 6.07) is 88.5. The van der Waals surface area contributed by atoms with Gasteiger partial charge in [0.15, 0.2) is 5.58 Å². The lowest BCUT2D eigenvalue weighted by Crippen LogP contribution is -2.51. The van der Waals surface area contributed by atoms with Crippen molar-refractivity contribution in [3.05, 3.63) is 243 Å². The number of furan rings is 2. The first kappa shape index (κ1) is 44.5. The van der Waals surface area contributed by atoms with E-state index in [9.17, 15) is 0 Å². The first-order valence-electron chi connectivity index (χ1n) is 26.4. The molecule has 11 aromatic carbocycles. The molecule has 2 aliphatic rings. The van der Waals surface area contributed by atoms with Gasteiger partial charge in [-0.3, -0.25) is 0 Å². The van der Waals surface area contributed by atoms with Gasteiger partial charge in [0.2, 0.25) is 0 Å². The van der Waals surface area contributed by atoms with E-state index in [0.29, 0.717) is 0 Å². The monoisotopic (exact) mass is 1010 g/mol. The Bertz CT molecular complexity index is 4470. The molecular formula is C70H52N2O2Si2. The topological polar surface area (TPSA) is 32.8 Å². The highest BCUT2D eigenvalue weighted by molar-refractivity contribution is 7.06. The molecule has 0 bridgehead atoms. The fourth-order valence-corrected chi connectivity index (χ4v) is 19.1. The van der Waals surface area contributed by atoms with Gasteiger partial charge in [0.1, 0.15) is 32.9 Å². The molecule has 76 heavy (non-hydrogen) atoms. The largest absolute Gasteiger partial charge is 0.455 e. The molecule has 0 aliphatic carbocycles. The molecule has 4 heterocycles. The minimum atomic E-state index is -2.48. The van der Waals surface area contributed by atoms with Crippen LogP contribution in [0.4, 0.5) is 34.1 Å². The lowest BCUT2D eigenvalue weighted by Gasteiger charge is -2.30. The van der Waals surface area contributed by atoms with E-state index in [0.717, 1.165) is 78.2 Å². The predicted molar refractivity (Wildman–Crippen MR) is 326 cm³/mol. The van der Waals surface area contributed by atoms with Gasteiger partial charge in [0.25, 0.3) is 0 Å². The molecule has 6 heteroatoms. The van der Waals surface area contributed by atoms with E-state index in [1.165, 1.54) is 65.1 Å². The van der Waals surface area contributed by atoms with Gasteiger partial charge >= 0.3 is 0 Å². The standard InChI is InChI=1S/C70H52N2O2Si2/c1-75(2)61-42-54-62(41-53(61)66-63(75)44-58(69-68(66)52-36-20-24-40-60(52)73-69)72(48-31-15-8-16-32-48)56-38-22-18-34-50(56)46-27-11-6-12-28-46)76(3,4)64-43-57(65-51-35-19-23-39-59(51)74-70(65)67(54)64)71(47-29-13-7-14-30-47)55-37-21-17-33-49(55)45-25-9-5-10-26-45/h5-44H,1-4H3. The Hall–Kier alpha value is -8.95. The Morgan fingerprint density at radius 1 is 0.303 bits per heavy atom. The van der Waals surface area contributed by atoms with Gasteiger partial charge in [-0.25, -0.2) is 0 Å². The number of hydrogen-bond donors (Lipinski definition) is 0.